The average molecular weight is 459 g/mol. The van der Waals surface area contributed by atoms with E-state index in [1.165, 1.54) is 6.08 Å². The summed E-state index contributed by atoms with van der Waals surface area (Å²) in [5.41, 5.74) is 1.08. The first-order valence-electron chi connectivity index (χ1n) is 10.4. The zero-order valence-corrected chi connectivity index (χ0v) is 18.7. The molecule has 32 heavy (non-hydrogen) atoms. The van der Waals surface area contributed by atoms with Gasteiger partial charge in [-0.05, 0) is 60.9 Å². The molecule has 0 saturated carbocycles. The molecule has 0 radical (unpaired) electrons. The van der Waals surface area contributed by atoms with Crippen LogP contribution in [0.2, 0.25) is 5.02 Å². The molecule has 0 aliphatic heterocycles. The smallest absolute Gasteiger partial charge is 0.303 e. The molecular weight excluding hydrogens is 432 g/mol. The van der Waals surface area contributed by atoms with Gasteiger partial charge in [-0.1, -0.05) is 37.1 Å². The van der Waals surface area contributed by atoms with Crippen LogP contribution in [0.1, 0.15) is 48.5 Å². The van der Waals surface area contributed by atoms with Gasteiger partial charge in [-0.15, -0.1) is 0 Å². The van der Waals surface area contributed by atoms with E-state index in [2.05, 4.69) is 17.6 Å². The van der Waals surface area contributed by atoms with Crippen LogP contribution in [0.15, 0.2) is 54.2 Å². The van der Waals surface area contributed by atoms with Crippen molar-refractivity contribution < 1.29 is 24.2 Å². The third kappa shape index (κ3) is 8.81. The summed E-state index contributed by atoms with van der Waals surface area (Å²) in [7, 11) is 0. The highest BCUT2D eigenvalue weighted by Crippen LogP contribution is 2.15. The first kappa shape index (κ1) is 24.9. The lowest BCUT2D eigenvalue weighted by Gasteiger charge is -2.12. The highest BCUT2D eigenvalue weighted by molar-refractivity contribution is 6.30. The predicted molar refractivity (Wildman–Crippen MR) is 124 cm³/mol. The summed E-state index contributed by atoms with van der Waals surface area (Å²) in [6, 6.07) is 13.5. The fraction of sp³-hybridized carbons (Fsp3) is 0.292. The van der Waals surface area contributed by atoms with Gasteiger partial charge in [0, 0.05) is 23.6 Å². The molecule has 0 aliphatic carbocycles. The van der Waals surface area contributed by atoms with Gasteiger partial charge in [0.05, 0.1) is 6.61 Å². The summed E-state index contributed by atoms with van der Waals surface area (Å²) in [6.07, 6.45) is 3.73. The molecule has 170 valence electrons. The van der Waals surface area contributed by atoms with Crippen molar-refractivity contribution in [3.05, 3.63) is 70.4 Å². The molecule has 0 heterocycles. The number of nitrogens with one attached hydrogen (secondary N) is 2. The Bertz CT molecular complexity index is 940. The molecular formula is C24H27ClN2O5. The second-order valence-corrected chi connectivity index (χ2v) is 7.48. The van der Waals surface area contributed by atoms with E-state index < -0.39 is 17.8 Å². The van der Waals surface area contributed by atoms with E-state index in [1.54, 1.807) is 48.5 Å². The number of unbranched alkanes of at least 4 members (excludes halogenated alkanes) is 1. The Kier molecular flexibility index (Phi) is 10.3. The maximum absolute atomic E-state index is 12.7. The van der Waals surface area contributed by atoms with Gasteiger partial charge in [0.15, 0.2) is 0 Å². The molecule has 0 fully saturated rings. The number of hydrogen-bond donors (Lipinski definition) is 3. The second-order valence-electron chi connectivity index (χ2n) is 7.04. The number of ether oxygens (including phenoxy) is 1. The predicted octanol–water partition coefficient (Wildman–Crippen LogP) is 4.27. The molecule has 7 nitrogen and oxygen atoms in total. The molecule has 2 rings (SSSR count). The Morgan fingerprint density at radius 2 is 1.72 bits per heavy atom. The van der Waals surface area contributed by atoms with Crippen LogP contribution in [-0.4, -0.2) is 36.0 Å². The molecule has 0 saturated heterocycles. The summed E-state index contributed by atoms with van der Waals surface area (Å²) >= 11 is 5.91. The van der Waals surface area contributed by atoms with Crippen molar-refractivity contribution >= 4 is 35.5 Å². The molecule has 3 N–H and O–H groups in total. The lowest BCUT2D eigenvalue weighted by atomic mass is 10.1. The van der Waals surface area contributed by atoms with Gasteiger partial charge in [-0.3, -0.25) is 14.4 Å². The van der Waals surface area contributed by atoms with Crippen molar-refractivity contribution in [2.75, 3.05) is 13.2 Å². The van der Waals surface area contributed by atoms with Gasteiger partial charge in [-0.2, -0.15) is 0 Å². The Hall–Kier alpha value is -3.32. The standard InChI is InChI=1S/C24H27ClN2O5/c1-2-3-15-32-20-12-8-18(9-13-20)23(30)27-21(16-17-6-10-19(25)11-7-17)24(31)26-14-4-5-22(28)29/h6-13,16H,2-5,14-15H2,1H3,(H,26,31)(H,27,30)(H,28,29). The molecule has 0 unspecified atom stereocenters. The maximum Gasteiger partial charge on any atom is 0.303 e. The minimum atomic E-state index is -0.938. The van der Waals surface area contributed by atoms with Crippen LogP contribution in [0.4, 0.5) is 0 Å². The summed E-state index contributed by atoms with van der Waals surface area (Å²) in [6.45, 7) is 2.86. The van der Waals surface area contributed by atoms with E-state index in [0.29, 0.717) is 28.5 Å². The number of amides is 2. The summed E-state index contributed by atoms with van der Waals surface area (Å²) in [4.78, 5) is 36.0. The van der Waals surface area contributed by atoms with Gasteiger partial charge >= 0.3 is 5.97 Å². The van der Waals surface area contributed by atoms with Crippen LogP contribution < -0.4 is 15.4 Å². The summed E-state index contributed by atoms with van der Waals surface area (Å²) < 4.78 is 5.60. The van der Waals surface area contributed by atoms with Gasteiger partial charge < -0.3 is 20.5 Å². The molecule has 0 aliphatic rings. The number of hydrogen-bond acceptors (Lipinski definition) is 4. The highest BCUT2D eigenvalue weighted by atomic mass is 35.5. The van der Waals surface area contributed by atoms with Crippen molar-refractivity contribution in [3.63, 3.8) is 0 Å². The number of benzene rings is 2. The second kappa shape index (κ2) is 13.2. The number of aliphatic carboxylic acids is 1. The lowest BCUT2D eigenvalue weighted by Crippen LogP contribution is -2.35. The minimum Gasteiger partial charge on any atom is -0.494 e. The van der Waals surface area contributed by atoms with Crippen molar-refractivity contribution in [2.45, 2.75) is 32.6 Å². The minimum absolute atomic E-state index is 0.0379. The van der Waals surface area contributed by atoms with E-state index in [9.17, 15) is 14.4 Å². The Balaban J connectivity index is 2.10. The monoisotopic (exact) mass is 458 g/mol. The molecule has 0 atom stereocenters. The molecule has 8 heteroatoms. The number of halogens is 1. The Morgan fingerprint density at radius 1 is 1.03 bits per heavy atom. The number of rotatable bonds is 12. The summed E-state index contributed by atoms with van der Waals surface area (Å²) in [5, 5.41) is 14.5. The SMILES string of the molecule is CCCCOc1ccc(C(=O)NC(=Cc2ccc(Cl)cc2)C(=O)NCCCC(=O)O)cc1. The third-order valence-corrected chi connectivity index (χ3v) is 4.66. The Labute approximate surface area is 192 Å². The molecule has 0 spiro atoms. The van der Waals surface area contributed by atoms with Gasteiger partial charge in [0.25, 0.3) is 11.8 Å². The first-order valence-corrected chi connectivity index (χ1v) is 10.8. The fourth-order valence-electron chi connectivity index (χ4n) is 2.65. The summed E-state index contributed by atoms with van der Waals surface area (Å²) in [5.74, 6) is -1.24. The quantitative estimate of drug-likeness (QED) is 0.325. The molecule has 2 amide bonds. The fourth-order valence-corrected chi connectivity index (χ4v) is 2.78. The van der Waals surface area contributed by atoms with Crippen molar-refractivity contribution in [3.8, 4) is 5.75 Å². The van der Waals surface area contributed by atoms with Crippen LogP contribution >= 0.6 is 11.6 Å². The Morgan fingerprint density at radius 3 is 2.34 bits per heavy atom. The molecule has 2 aromatic rings. The number of carboxylic acid groups (broad SMARTS) is 1. The van der Waals surface area contributed by atoms with Crippen LogP contribution in [0.3, 0.4) is 0 Å². The highest BCUT2D eigenvalue weighted by Gasteiger charge is 2.15. The largest absolute Gasteiger partial charge is 0.494 e. The van der Waals surface area contributed by atoms with E-state index in [4.69, 9.17) is 21.4 Å². The molecule has 0 aromatic heterocycles. The number of carbonyl (C=O) groups excluding carboxylic acids is 2. The van der Waals surface area contributed by atoms with E-state index in [0.717, 1.165) is 12.8 Å². The van der Waals surface area contributed by atoms with Crippen molar-refractivity contribution in [1.82, 2.24) is 10.6 Å². The number of carbonyl (C=O) groups is 3. The van der Waals surface area contributed by atoms with Crippen LogP contribution in [0.5, 0.6) is 5.75 Å². The normalized spacial score (nSPS) is 11.0. The lowest BCUT2D eigenvalue weighted by molar-refractivity contribution is -0.137. The average Bonchev–Trinajstić information content (AvgIpc) is 2.78. The topological polar surface area (TPSA) is 105 Å². The van der Waals surface area contributed by atoms with E-state index in [1.807, 2.05) is 0 Å². The van der Waals surface area contributed by atoms with Crippen LogP contribution in [-0.2, 0) is 9.59 Å². The third-order valence-electron chi connectivity index (χ3n) is 4.41. The van der Waals surface area contributed by atoms with Gasteiger partial charge in [-0.25, -0.2) is 0 Å². The molecule has 0 bridgehead atoms. The van der Waals surface area contributed by atoms with Crippen LogP contribution in [0.25, 0.3) is 6.08 Å². The maximum atomic E-state index is 12.7. The van der Waals surface area contributed by atoms with E-state index >= 15 is 0 Å². The first-order chi connectivity index (χ1) is 15.4. The number of carboxylic acids is 1. The van der Waals surface area contributed by atoms with E-state index in [-0.39, 0.29) is 25.1 Å². The van der Waals surface area contributed by atoms with Crippen LogP contribution in [0, 0.1) is 0 Å². The van der Waals surface area contributed by atoms with Crippen molar-refractivity contribution in [2.24, 2.45) is 0 Å². The molecule has 2 aromatic carbocycles. The zero-order chi connectivity index (χ0) is 23.3. The van der Waals surface area contributed by atoms with Crippen molar-refractivity contribution in [1.29, 1.82) is 0 Å². The van der Waals surface area contributed by atoms with Gasteiger partial charge in [0.1, 0.15) is 11.4 Å². The zero-order valence-electron chi connectivity index (χ0n) is 17.9. The van der Waals surface area contributed by atoms with Gasteiger partial charge in [0.2, 0.25) is 0 Å².